The molecule has 4 rings (SSSR count). The van der Waals surface area contributed by atoms with Gasteiger partial charge in [0.25, 0.3) is 5.91 Å². The van der Waals surface area contributed by atoms with E-state index in [4.69, 9.17) is 10.9 Å². The Balaban J connectivity index is 1.52. The number of likely N-dealkylation sites (N-methyl/N-ethyl adjacent to an activating group) is 1. The Labute approximate surface area is 199 Å². The van der Waals surface area contributed by atoms with E-state index in [2.05, 4.69) is 25.7 Å². The highest BCUT2D eigenvalue weighted by Gasteiger charge is 2.15. The lowest BCUT2D eigenvalue weighted by Crippen LogP contribution is -2.31. The van der Waals surface area contributed by atoms with E-state index in [-0.39, 0.29) is 22.7 Å². The van der Waals surface area contributed by atoms with Crippen LogP contribution in [0.5, 0.6) is 0 Å². The van der Waals surface area contributed by atoms with Crippen LogP contribution >= 0.6 is 11.3 Å². The van der Waals surface area contributed by atoms with Crippen molar-refractivity contribution in [1.29, 1.82) is 0 Å². The summed E-state index contributed by atoms with van der Waals surface area (Å²) in [5.74, 6) is 0.171. The van der Waals surface area contributed by atoms with Crippen LogP contribution in [0.1, 0.15) is 10.4 Å². The number of nitrogens with one attached hydrogen (secondary N) is 2. The van der Waals surface area contributed by atoms with E-state index in [1.165, 1.54) is 28.2 Å². The van der Waals surface area contributed by atoms with Crippen molar-refractivity contribution in [3.63, 3.8) is 0 Å². The molecular formula is C20H23N9O3S2. The van der Waals surface area contributed by atoms with Gasteiger partial charge in [-0.15, -0.1) is 5.10 Å². The Morgan fingerprint density at radius 2 is 1.88 bits per heavy atom. The number of anilines is 3. The van der Waals surface area contributed by atoms with E-state index in [9.17, 15) is 13.2 Å². The number of amides is 1. The number of rotatable bonds is 8. The number of thiazole rings is 1. The third kappa shape index (κ3) is 5.31. The molecule has 14 heteroatoms. The van der Waals surface area contributed by atoms with Gasteiger partial charge in [-0.3, -0.25) is 4.79 Å². The van der Waals surface area contributed by atoms with Gasteiger partial charge in [0.15, 0.2) is 0 Å². The molecule has 0 fully saturated rings. The fourth-order valence-corrected chi connectivity index (χ4v) is 4.50. The standard InChI is InChI=1S/C20H23N9O3S2/c1-28(2)10-9-23-17(30)12-3-8-15-16(11-12)33-20(25-15)29-18(21)26-19(27-29)24-13-4-6-14(7-5-13)34(22,31)32/h3-8,11H,9-10H2,1-2H3,(H,23,30)(H2,22,31,32)(H3,21,24,26,27). The second-order valence-corrected chi connectivity index (χ2v) is 10.2. The number of sulfonamides is 1. The summed E-state index contributed by atoms with van der Waals surface area (Å²) in [6.45, 7) is 1.30. The molecule has 0 unspecified atom stereocenters. The van der Waals surface area contributed by atoms with E-state index < -0.39 is 10.0 Å². The van der Waals surface area contributed by atoms with Gasteiger partial charge >= 0.3 is 0 Å². The van der Waals surface area contributed by atoms with Crippen molar-refractivity contribution >= 4 is 55.1 Å². The third-order valence-electron chi connectivity index (χ3n) is 4.74. The van der Waals surface area contributed by atoms with Crippen molar-refractivity contribution in [2.24, 2.45) is 5.14 Å². The molecule has 1 amide bonds. The first-order valence-corrected chi connectivity index (χ1v) is 12.4. The van der Waals surface area contributed by atoms with E-state index in [0.717, 1.165) is 11.2 Å². The third-order valence-corrected chi connectivity index (χ3v) is 6.66. The molecule has 2 heterocycles. The number of carbonyl (C=O) groups is 1. The number of aromatic nitrogens is 4. The summed E-state index contributed by atoms with van der Waals surface area (Å²) >= 11 is 1.32. The Bertz CT molecular complexity index is 1440. The molecule has 2 aromatic carbocycles. The molecule has 34 heavy (non-hydrogen) atoms. The van der Waals surface area contributed by atoms with Crippen molar-refractivity contribution < 1.29 is 13.2 Å². The number of nitrogens with zero attached hydrogens (tertiary/aromatic N) is 5. The van der Waals surface area contributed by atoms with Crippen molar-refractivity contribution in [3.8, 4) is 5.13 Å². The van der Waals surface area contributed by atoms with Gasteiger partial charge in [-0.25, -0.2) is 18.5 Å². The molecule has 178 valence electrons. The maximum absolute atomic E-state index is 12.4. The van der Waals surface area contributed by atoms with E-state index >= 15 is 0 Å². The van der Waals surface area contributed by atoms with Crippen molar-refractivity contribution in [2.75, 3.05) is 38.2 Å². The second-order valence-electron chi connectivity index (χ2n) is 7.64. The highest BCUT2D eigenvalue weighted by molar-refractivity contribution is 7.89. The number of hydrogen-bond acceptors (Lipinski definition) is 10. The summed E-state index contributed by atoms with van der Waals surface area (Å²) in [6, 6.07) is 11.1. The number of primary sulfonamides is 1. The number of benzene rings is 2. The molecular weight excluding hydrogens is 478 g/mol. The van der Waals surface area contributed by atoms with E-state index in [1.54, 1.807) is 30.3 Å². The molecule has 2 aromatic heterocycles. The lowest BCUT2D eigenvalue weighted by Gasteiger charge is -2.10. The zero-order valence-electron chi connectivity index (χ0n) is 18.4. The summed E-state index contributed by atoms with van der Waals surface area (Å²) in [6.07, 6.45) is 0. The van der Waals surface area contributed by atoms with Crippen molar-refractivity contribution in [2.45, 2.75) is 4.90 Å². The molecule has 0 saturated heterocycles. The Morgan fingerprint density at radius 3 is 2.56 bits per heavy atom. The molecule has 6 N–H and O–H groups in total. The number of carbonyl (C=O) groups excluding carboxylic acids is 1. The number of fused-ring (bicyclic) bond motifs is 1. The Morgan fingerprint density at radius 1 is 1.15 bits per heavy atom. The first-order valence-electron chi connectivity index (χ1n) is 10.1. The van der Waals surface area contributed by atoms with Crippen molar-refractivity contribution in [3.05, 3.63) is 48.0 Å². The van der Waals surface area contributed by atoms with Gasteiger partial charge in [0.05, 0.1) is 15.1 Å². The molecule has 0 aliphatic carbocycles. The molecule has 12 nitrogen and oxygen atoms in total. The predicted octanol–water partition coefficient (Wildman–Crippen LogP) is 1.14. The number of nitrogens with two attached hydrogens (primary N) is 2. The molecule has 0 radical (unpaired) electrons. The first-order chi connectivity index (χ1) is 16.1. The monoisotopic (exact) mass is 501 g/mol. The minimum Gasteiger partial charge on any atom is -0.368 e. The van der Waals surface area contributed by atoms with Gasteiger partial charge in [-0.05, 0) is 56.6 Å². The van der Waals surface area contributed by atoms with Gasteiger partial charge in [0, 0.05) is 24.3 Å². The summed E-state index contributed by atoms with van der Waals surface area (Å²) in [7, 11) is 0.107. The van der Waals surface area contributed by atoms with Crippen LogP contribution in [0.4, 0.5) is 17.6 Å². The van der Waals surface area contributed by atoms with Crippen LogP contribution in [-0.4, -0.2) is 66.2 Å². The van der Waals surface area contributed by atoms with Gasteiger partial charge in [0.1, 0.15) is 0 Å². The average molecular weight is 502 g/mol. The van der Waals surface area contributed by atoms with Crippen molar-refractivity contribution in [1.82, 2.24) is 30.0 Å². The SMILES string of the molecule is CN(C)CCNC(=O)c1ccc2nc(-n3nc(Nc4ccc(S(N)(=O)=O)cc4)nc3N)sc2c1. The zero-order valence-corrected chi connectivity index (χ0v) is 20.0. The van der Waals surface area contributed by atoms with Crippen LogP contribution in [0.25, 0.3) is 15.3 Å². The lowest BCUT2D eigenvalue weighted by molar-refractivity contribution is 0.0951. The van der Waals surface area contributed by atoms with Crippen LogP contribution < -0.4 is 21.5 Å². The van der Waals surface area contributed by atoms with Crippen LogP contribution in [0.3, 0.4) is 0 Å². The summed E-state index contributed by atoms with van der Waals surface area (Å²) in [5, 5.41) is 15.8. The highest BCUT2D eigenvalue weighted by Crippen LogP contribution is 2.27. The van der Waals surface area contributed by atoms with Crippen LogP contribution in [0.15, 0.2) is 47.4 Å². The van der Waals surface area contributed by atoms with Gasteiger partial charge in [0.2, 0.25) is 27.1 Å². The second kappa shape index (κ2) is 9.34. The largest absolute Gasteiger partial charge is 0.368 e. The summed E-state index contributed by atoms with van der Waals surface area (Å²) in [4.78, 5) is 23.1. The van der Waals surface area contributed by atoms with Gasteiger partial charge in [-0.1, -0.05) is 11.3 Å². The maximum atomic E-state index is 12.4. The quantitative estimate of drug-likeness (QED) is 0.276. The van der Waals surface area contributed by atoms with E-state index in [0.29, 0.717) is 28.4 Å². The molecule has 0 bridgehead atoms. The molecule has 0 spiro atoms. The normalized spacial score (nSPS) is 11.8. The molecule has 0 saturated carbocycles. The summed E-state index contributed by atoms with van der Waals surface area (Å²) < 4.78 is 25.0. The molecule has 0 atom stereocenters. The highest BCUT2D eigenvalue weighted by atomic mass is 32.2. The fraction of sp³-hybridized carbons (Fsp3) is 0.200. The van der Waals surface area contributed by atoms with Gasteiger partial charge in [-0.2, -0.15) is 9.67 Å². The summed E-state index contributed by atoms with van der Waals surface area (Å²) in [5.41, 5.74) is 7.84. The molecule has 4 aromatic rings. The maximum Gasteiger partial charge on any atom is 0.251 e. The minimum atomic E-state index is -3.78. The van der Waals surface area contributed by atoms with Crippen LogP contribution in [0, 0.1) is 0 Å². The fourth-order valence-electron chi connectivity index (χ4n) is 3.01. The number of nitrogen functional groups attached to an aromatic ring is 1. The predicted molar refractivity (Wildman–Crippen MR) is 131 cm³/mol. The molecule has 0 aliphatic rings. The number of hydrogen-bond donors (Lipinski definition) is 4. The van der Waals surface area contributed by atoms with Gasteiger partial charge < -0.3 is 21.3 Å². The smallest absolute Gasteiger partial charge is 0.251 e. The van der Waals surface area contributed by atoms with Crippen LogP contribution in [-0.2, 0) is 10.0 Å². The first kappa shape index (κ1) is 23.6. The van der Waals surface area contributed by atoms with Crippen LogP contribution in [0.2, 0.25) is 0 Å². The average Bonchev–Trinajstić information content (AvgIpc) is 3.35. The lowest BCUT2D eigenvalue weighted by atomic mass is 10.2. The molecule has 0 aliphatic heterocycles. The Kier molecular flexibility index (Phi) is 6.47. The Hall–Kier alpha value is -3.59. The van der Waals surface area contributed by atoms with E-state index in [1.807, 2.05) is 19.0 Å². The topological polar surface area (TPSA) is 174 Å². The zero-order chi connectivity index (χ0) is 24.5. The minimum absolute atomic E-state index is 0.00345.